The topological polar surface area (TPSA) is 22.8 Å². The average molecular weight is 293 g/mol. The molecule has 0 saturated carbocycles. The van der Waals surface area contributed by atoms with Gasteiger partial charge in [-0.25, -0.2) is 0 Å². The van der Waals surface area contributed by atoms with Crippen LogP contribution in [0.1, 0.15) is 39.1 Å². The molecular formula is C19H23N3. The molecule has 3 nitrogen and oxygen atoms in total. The molecule has 0 amide bonds. The van der Waals surface area contributed by atoms with Crippen molar-refractivity contribution in [1.82, 2.24) is 14.1 Å². The van der Waals surface area contributed by atoms with Gasteiger partial charge < -0.3 is 9.13 Å². The van der Waals surface area contributed by atoms with Gasteiger partial charge in [-0.15, -0.1) is 0 Å². The molecule has 0 radical (unpaired) electrons. The second kappa shape index (κ2) is 5.16. The third kappa shape index (κ3) is 2.37. The number of hydrogen-bond acceptors (Lipinski definition) is 1. The highest BCUT2D eigenvalue weighted by atomic mass is 15.1. The molecule has 3 aromatic heterocycles. The monoisotopic (exact) mass is 293 g/mol. The van der Waals surface area contributed by atoms with Crippen molar-refractivity contribution < 1.29 is 0 Å². The van der Waals surface area contributed by atoms with Gasteiger partial charge in [0, 0.05) is 24.8 Å². The molecule has 0 bridgehead atoms. The molecule has 0 aliphatic carbocycles. The lowest BCUT2D eigenvalue weighted by molar-refractivity contribution is 0.398. The summed E-state index contributed by atoms with van der Waals surface area (Å²) in [4.78, 5) is 4.99. The third-order valence-corrected chi connectivity index (χ3v) is 4.50. The third-order valence-electron chi connectivity index (χ3n) is 4.50. The summed E-state index contributed by atoms with van der Waals surface area (Å²) in [5, 5.41) is 0. The second-order valence-corrected chi connectivity index (χ2v) is 6.71. The Morgan fingerprint density at radius 2 is 1.00 bits per heavy atom. The number of hydrogen-bond donors (Lipinski definition) is 0. The molecule has 114 valence electrons. The maximum atomic E-state index is 4.99. The van der Waals surface area contributed by atoms with E-state index in [0.717, 1.165) is 11.4 Å². The van der Waals surface area contributed by atoms with Crippen LogP contribution in [-0.4, -0.2) is 14.1 Å². The maximum Gasteiger partial charge on any atom is 0.0804 e. The van der Waals surface area contributed by atoms with E-state index in [-0.39, 0.29) is 11.1 Å². The van der Waals surface area contributed by atoms with Gasteiger partial charge in [0.15, 0.2) is 0 Å². The van der Waals surface area contributed by atoms with E-state index in [2.05, 4.69) is 104 Å². The molecule has 0 spiro atoms. The van der Waals surface area contributed by atoms with Gasteiger partial charge in [-0.1, -0.05) is 6.07 Å². The summed E-state index contributed by atoms with van der Waals surface area (Å²) in [5.74, 6) is 0. The highest BCUT2D eigenvalue weighted by Gasteiger charge is 2.28. The molecule has 0 aliphatic rings. The van der Waals surface area contributed by atoms with Crippen molar-refractivity contribution in [2.45, 2.75) is 38.8 Å². The molecule has 0 aliphatic heterocycles. The summed E-state index contributed by atoms with van der Waals surface area (Å²) in [7, 11) is 0. The number of aromatic nitrogens is 3. The minimum absolute atomic E-state index is 0.174. The van der Waals surface area contributed by atoms with Gasteiger partial charge in [-0.2, -0.15) is 0 Å². The second-order valence-electron chi connectivity index (χ2n) is 6.71. The van der Waals surface area contributed by atoms with E-state index in [0.29, 0.717) is 0 Å². The number of nitrogens with zero attached hydrogens (tertiary/aromatic N) is 3. The number of rotatable bonds is 4. The SMILES string of the molecule is CC(C)(c1cccc(C(C)(C)n2cccc2)n1)n1cccc1. The molecule has 0 saturated heterocycles. The Balaban J connectivity index is 2.04. The van der Waals surface area contributed by atoms with E-state index in [4.69, 9.17) is 4.98 Å². The normalized spacial score (nSPS) is 12.5. The average Bonchev–Trinajstić information content (AvgIpc) is 3.20. The Morgan fingerprint density at radius 1 is 0.636 bits per heavy atom. The molecule has 3 rings (SSSR count). The Morgan fingerprint density at radius 3 is 1.36 bits per heavy atom. The van der Waals surface area contributed by atoms with Crippen LogP contribution in [-0.2, 0) is 11.1 Å². The van der Waals surface area contributed by atoms with E-state index < -0.39 is 0 Å². The fourth-order valence-electron chi connectivity index (χ4n) is 2.80. The molecule has 0 aromatic carbocycles. The van der Waals surface area contributed by atoms with Gasteiger partial charge in [-0.3, -0.25) is 4.98 Å². The summed E-state index contributed by atoms with van der Waals surface area (Å²) in [5.41, 5.74) is 1.79. The highest BCUT2D eigenvalue weighted by Crippen LogP contribution is 2.28. The first-order chi connectivity index (χ1) is 10.4. The van der Waals surface area contributed by atoms with Crippen LogP contribution in [0.5, 0.6) is 0 Å². The van der Waals surface area contributed by atoms with Crippen LogP contribution in [0.3, 0.4) is 0 Å². The minimum Gasteiger partial charge on any atom is -0.343 e. The lowest BCUT2D eigenvalue weighted by atomic mass is 9.95. The molecule has 0 N–H and O–H groups in total. The van der Waals surface area contributed by atoms with E-state index in [9.17, 15) is 0 Å². The quantitative estimate of drug-likeness (QED) is 0.705. The van der Waals surface area contributed by atoms with E-state index in [1.165, 1.54) is 0 Å². The van der Waals surface area contributed by atoms with Crippen LogP contribution in [0, 0.1) is 0 Å². The molecule has 22 heavy (non-hydrogen) atoms. The smallest absolute Gasteiger partial charge is 0.0804 e. The molecule has 0 unspecified atom stereocenters. The first-order valence-electron chi connectivity index (χ1n) is 7.67. The Hall–Kier alpha value is -2.29. The Kier molecular flexibility index (Phi) is 3.44. The summed E-state index contributed by atoms with van der Waals surface area (Å²) in [6.07, 6.45) is 8.35. The van der Waals surface area contributed by atoms with Crippen molar-refractivity contribution in [2.75, 3.05) is 0 Å². The Bertz CT molecular complexity index is 673. The maximum absolute atomic E-state index is 4.99. The highest BCUT2D eigenvalue weighted by molar-refractivity contribution is 5.24. The lowest BCUT2D eigenvalue weighted by Crippen LogP contribution is -2.31. The zero-order valence-corrected chi connectivity index (χ0v) is 13.7. The lowest BCUT2D eigenvalue weighted by Gasteiger charge is -2.31. The summed E-state index contributed by atoms with van der Waals surface area (Å²) >= 11 is 0. The molecular weight excluding hydrogens is 270 g/mol. The zero-order valence-electron chi connectivity index (χ0n) is 13.7. The van der Waals surface area contributed by atoms with Crippen molar-refractivity contribution in [3.8, 4) is 0 Å². The summed E-state index contributed by atoms with van der Waals surface area (Å²) in [6, 6.07) is 14.5. The predicted molar refractivity (Wildman–Crippen MR) is 89.9 cm³/mol. The fraction of sp³-hybridized carbons (Fsp3) is 0.316. The summed E-state index contributed by atoms with van der Waals surface area (Å²) < 4.78 is 4.39. The first kappa shape index (κ1) is 14.6. The Labute approximate surface area is 132 Å². The predicted octanol–water partition coefficient (Wildman–Crippen LogP) is 4.25. The van der Waals surface area contributed by atoms with Crippen LogP contribution in [0.15, 0.2) is 67.3 Å². The van der Waals surface area contributed by atoms with E-state index in [1.807, 2.05) is 0 Å². The molecule has 0 atom stereocenters. The minimum atomic E-state index is -0.174. The van der Waals surface area contributed by atoms with E-state index in [1.54, 1.807) is 0 Å². The van der Waals surface area contributed by atoms with Crippen LogP contribution in [0.2, 0.25) is 0 Å². The van der Waals surface area contributed by atoms with Gasteiger partial charge >= 0.3 is 0 Å². The van der Waals surface area contributed by atoms with Gasteiger partial charge in [0.25, 0.3) is 0 Å². The van der Waals surface area contributed by atoms with Gasteiger partial charge in [0.05, 0.1) is 22.5 Å². The van der Waals surface area contributed by atoms with Gasteiger partial charge in [0.2, 0.25) is 0 Å². The van der Waals surface area contributed by atoms with Gasteiger partial charge in [-0.05, 0) is 64.1 Å². The molecule has 0 fully saturated rings. The summed E-state index contributed by atoms with van der Waals surface area (Å²) in [6.45, 7) is 8.78. The van der Waals surface area contributed by atoms with Crippen molar-refractivity contribution in [2.24, 2.45) is 0 Å². The van der Waals surface area contributed by atoms with Crippen molar-refractivity contribution >= 4 is 0 Å². The largest absolute Gasteiger partial charge is 0.343 e. The number of pyridine rings is 1. The van der Waals surface area contributed by atoms with E-state index >= 15 is 0 Å². The van der Waals surface area contributed by atoms with Crippen molar-refractivity contribution in [3.63, 3.8) is 0 Å². The van der Waals surface area contributed by atoms with Crippen LogP contribution in [0.4, 0.5) is 0 Å². The zero-order chi connectivity index (χ0) is 15.8. The van der Waals surface area contributed by atoms with Crippen molar-refractivity contribution in [3.05, 3.63) is 78.6 Å². The van der Waals surface area contributed by atoms with Crippen molar-refractivity contribution in [1.29, 1.82) is 0 Å². The molecule has 3 aromatic rings. The van der Waals surface area contributed by atoms with Gasteiger partial charge in [0.1, 0.15) is 0 Å². The van der Waals surface area contributed by atoms with Crippen LogP contribution < -0.4 is 0 Å². The van der Waals surface area contributed by atoms with Crippen LogP contribution in [0.25, 0.3) is 0 Å². The fourth-order valence-corrected chi connectivity index (χ4v) is 2.80. The molecule has 3 heteroatoms. The molecule has 3 heterocycles. The first-order valence-corrected chi connectivity index (χ1v) is 7.67. The standard InChI is InChI=1S/C19H23N3/c1-18(2,21-12-5-6-13-21)16-10-9-11-17(20-16)19(3,4)22-14-7-8-15-22/h5-15H,1-4H3. The van der Waals surface area contributed by atoms with Crippen LogP contribution >= 0.6 is 0 Å².